The molecule has 1 amide bonds. The molecule has 0 radical (unpaired) electrons. The first-order chi connectivity index (χ1) is 10.1. The Bertz CT molecular complexity index is 835. The normalized spacial score (nSPS) is 10.6. The van der Waals surface area contributed by atoms with Crippen LogP contribution in [0.25, 0.3) is 10.9 Å². The van der Waals surface area contributed by atoms with Crippen LogP contribution in [-0.2, 0) is 0 Å². The summed E-state index contributed by atoms with van der Waals surface area (Å²) in [7, 11) is 0. The molecule has 0 unspecified atom stereocenters. The molecule has 3 nitrogen and oxygen atoms in total. The van der Waals surface area contributed by atoms with Crippen molar-refractivity contribution in [3.8, 4) is 0 Å². The summed E-state index contributed by atoms with van der Waals surface area (Å²) in [6.07, 6.45) is 0. The van der Waals surface area contributed by atoms with Gasteiger partial charge in [-0.15, -0.1) is 0 Å². The first kappa shape index (κ1) is 14.0. The summed E-state index contributed by atoms with van der Waals surface area (Å²) in [6.45, 7) is 0. The van der Waals surface area contributed by atoms with Crippen LogP contribution < -0.4 is 5.32 Å². The lowest BCUT2D eigenvalue weighted by molar-refractivity contribution is 0.102. The number of nitrogens with zero attached hydrogens (tertiary/aromatic N) is 1. The highest BCUT2D eigenvalue weighted by Crippen LogP contribution is 2.26. The Balaban J connectivity index is 1.89. The molecular weight excluding hydrogens is 352 g/mol. The smallest absolute Gasteiger partial charge is 0.274 e. The molecule has 2 aromatic carbocycles. The van der Waals surface area contributed by atoms with Crippen molar-refractivity contribution >= 4 is 50.0 Å². The van der Waals surface area contributed by atoms with Gasteiger partial charge >= 0.3 is 0 Å². The van der Waals surface area contributed by atoms with Gasteiger partial charge in [-0.05, 0) is 30.3 Å². The maximum Gasteiger partial charge on any atom is 0.274 e. The lowest BCUT2D eigenvalue weighted by atomic mass is 10.2. The van der Waals surface area contributed by atoms with Gasteiger partial charge in [-0.3, -0.25) is 4.79 Å². The number of amides is 1. The molecule has 1 aromatic heterocycles. The Morgan fingerprint density at radius 1 is 1.10 bits per heavy atom. The molecule has 0 bridgehead atoms. The van der Waals surface area contributed by atoms with Gasteiger partial charge in [0.05, 0.1) is 16.2 Å². The van der Waals surface area contributed by atoms with Crippen molar-refractivity contribution in [1.82, 2.24) is 4.98 Å². The Morgan fingerprint density at radius 3 is 2.71 bits per heavy atom. The predicted octanol–water partition coefficient (Wildman–Crippen LogP) is 4.90. The second kappa shape index (κ2) is 5.84. The number of nitrogens with one attached hydrogen (secondary N) is 1. The third-order valence-electron chi connectivity index (χ3n) is 3.01. The van der Waals surface area contributed by atoms with E-state index in [1.54, 1.807) is 18.2 Å². The van der Waals surface area contributed by atoms with Crippen LogP contribution in [0.1, 0.15) is 10.5 Å². The highest BCUT2D eigenvalue weighted by atomic mass is 79.9. The number of rotatable bonds is 2. The standard InChI is InChI=1S/C16H10BrClN2O/c17-11-6-8-14(12(18)9-11)20-16(21)15-7-5-10-3-1-2-4-13(10)19-15/h1-9H,(H,20,21). The van der Waals surface area contributed by atoms with E-state index in [-0.39, 0.29) is 5.91 Å². The van der Waals surface area contributed by atoms with Crippen LogP contribution in [0.2, 0.25) is 5.02 Å². The van der Waals surface area contributed by atoms with E-state index in [0.29, 0.717) is 16.4 Å². The van der Waals surface area contributed by atoms with E-state index in [1.807, 2.05) is 36.4 Å². The maximum atomic E-state index is 12.3. The summed E-state index contributed by atoms with van der Waals surface area (Å²) >= 11 is 9.42. The summed E-state index contributed by atoms with van der Waals surface area (Å²) in [5.74, 6) is -0.287. The minimum Gasteiger partial charge on any atom is -0.319 e. The van der Waals surface area contributed by atoms with Crippen LogP contribution in [0.5, 0.6) is 0 Å². The number of benzene rings is 2. The van der Waals surface area contributed by atoms with Crippen LogP contribution >= 0.6 is 27.5 Å². The molecule has 1 heterocycles. The topological polar surface area (TPSA) is 42.0 Å². The number of pyridine rings is 1. The average molecular weight is 362 g/mol. The van der Waals surface area contributed by atoms with Crippen molar-refractivity contribution in [3.63, 3.8) is 0 Å². The number of anilines is 1. The molecule has 21 heavy (non-hydrogen) atoms. The molecule has 0 atom stereocenters. The van der Waals surface area contributed by atoms with Gasteiger partial charge < -0.3 is 5.32 Å². The van der Waals surface area contributed by atoms with Crippen LogP contribution in [0.15, 0.2) is 59.1 Å². The number of para-hydroxylation sites is 1. The molecule has 0 aliphatic heterocycles. The summed E-state index contributed by atoms with van der Waals surface area (Å²) in [5, 5.41) is 4.23. The molecule has 3 aromatic rings. The van der Waals surface area contributed by atoms with Crippen LogP contribution in [0, 0.1) is 0 Å². The number of fused-ring (bicyclic) bond motifs is 1. The van der Waals surface area contributed by atoms with E-state index in [0.717, 1.165) is 15.4 Å². The Hall–Kier alpha value is -1.91. The molecule has 104 valence electrons. The third-order valence-corrected chi connectivity index (χ3v) is 3.82. The molecule has 0 saturated heterocycles. The van der Waals surface area contributed by atoms with Crippen LogP contribution in [-0.4, -0.2) is 10.9 Å². The van der Waals surface area contributed by atoms with Gasteiger partial charge in [-0.1, -0.05) is 51.8 Å². The molecular formula is C16H10BrClN2O. The van der Waals surface area contributed by atoms with Gasteiger partial charge in [0.25, 0.3) is 5.91 Å². The van der Waals surface area contributed by atoms with Crippen LogP contribution in [0.3, 0.4) is 0 Å². The summed E-state index contributed by atoms with van der Waals surface area (Å²) in [6, 6.07) is 16.5. The van der Waals surface area contributed by atoms with Gasteiger partial charge in [0.2, 0.25) is 0 Å². The Kier molecular flexibility index (Phi) is 3.90. The Morgan fingerprint density at radius 2 is 1.90 bits per heavy atom. The lowest BCUT2D eigenvalue weighted by Gasteiger charge is -2.07. The predicted molar refractivity (Wildman–Crippen MR) is 88.8 cm³/mol. The SMILES string of the molecule is O=C(Nc1ccc(Br)cc1Cl)c1ccc2ccccc2n1. The highest BCUT2D eigenvalue weighted by molar-refractivity contribution is 9.10. The Labute approximate surface area is 135 Å². The van der Waals surface area contributed by atoms with E-state index in [1.165, 1.54) is 0 Å². The number of carbonyl (C=O) groups is 1. The first-order valence-corrected chi connectivity index (χ1v) is 7.43. The van der Waals surface area contributed by atoms with Crippen molar-refractivity contribution < 1.29 is 4.79 Å². The van der Waals surface area contributed by atoms with Crippen molar-refractivity contribution in [1.29, 1.82) is 0 Å². The molecule has 0 aliphatic carbocycles. The van der Waals surface area contributed by atoms with Gasteiger partial charge in [-0.25, -0.2) is 4.98 Å². The maximum absolute atomic E-state index is 12.3. The zero-order valence-corrected chi connectivity index (χ0v) is 13.1. The fraction of sp³-hybridized carbons (Fsp3) is 0. The van der Waals surface area contributed by atoms with Crippen molar-refractivity contribution in [2.75, 3.05) is 5.32 Å². The summed E-state index contributed by atoms with van der Waals surface area (Å²) in [4.78, 5) is 16.6. The average Bonchev–Trinajstić information content (AvgIpc) is 2.49. The zero-order chi connectivity index (χ0) is 14.8. The summed E-state index contributed by atoms with van der Waals surface area (Å²) < 4.78 is 0.856. The minimum atomic E-state index is -0.287. The largest absolute Gasteiger partial charge is 0.319 e. The van der Waals surface area contributed by atoms with Crippen molar-refractivity contribution in [3.05, 3.63) is 69.8 Å². The van der Waals surface area contributed by atoms with Crippen molar-refractivity contribution in [2.24, 2.45) is 0 Å². The molecule has 5 heteroatoms. The number of halogens is 2. The van der Waals surface area contributed by atoms with E-state index in [2.05, 4.69) is 26.2 Å². The number of carbonyl (C=O) groups excluding carboxylic acids is 1. The van der Waals surface area contributed by atoms with E-state index >= 15 is 0 Å². The molecule has 0 fully saturated rings. The lowest BCUT2D eigenvalue weighted by Crippen LogP contribution is -2.13. The van der Waals surface area contributed by atoms with Gasteiger partial charge in [-0.2, -0.15) is 0 Å². The monoisotopic (exact) mass is 360 g/mol. The minimum absolute atomic E-state index is 0.287. The molecule has 0 saturated carbocycles. The van der Waals surface area contributed by atoms with Gasteiger partial charge in [0.1, 0.15) is 5.69 Å². The molecule has 0 aliphatic rings. The molecule has 3 rings (SSSR count). The molecule has 1 N–H and O–H groups in total. The second-order valence-electron chi connectivity index (χ2n) is 4.47. The van der Waals surface area contributed by atoms with E-state index in [4.69, 9.17) is 11.6 Å². The third kappa shape index (κ3) is 3.06. The van der Waals surface area contributed by atoms with Crippen molar-refractivity contribution in [2.45, 2.75) is 0 Å². The van der Waals surface area contributed by atoms with Gasteiger partial charge in [0.15, 0.2) is 0 Å². The number of hydrogen-bond donors (Lipinski definition) is 1. The van der Waals surface area contributed by atoms with E-state index < -0.39 is 0 Å². The quantitative estimate of drug-likeness (QED) is 0.705. The summed E-state index contributed by atoms with van der Waals surface area (Å²) in [5.41, 5.74) is 1.69. The fourth-order valence-corrected chi connectivity index (χ4v) is 2.69. The van der Waals surface area contributed by atoms with Gasteiger partial charge in [0, 0.05) is 9.86 Å². The number of aromatic nitrogens is 1. The highest BCUT2D eigenvalue weighted by Gasteiger charge is 2.10. The number of hydrogen-bond acceptors (Lipinski definition) is 2. The fourth-order valence-electron chi connectivity index (χ4n) is 1.97. The second-order valence-corrected chi connectivity index (χ2v) is 5.79. The zero-order valence-electron chi connectivity index (χ0n) is 10.8. The first-order valence-electron chi connectivity index (χ1n) is 6.26. The molecule has 0 spiro atoms. The van der Waals surface area contributed by atoms with Crippen LogP contribution in [0.4, 0.5) is 5.69 Å². The van der Waals surface area contributed by atoms with E-state index in [9.17, 15) is 4.79 Å².